The van der Waals surface area contributed by atoms with Gasteiger partial charge in [0, 0.05) is 32.3 Å². The molecule has 100 valence electrons. The molecule has 1 aliphatic heterocycles. The third-order valence-electron chi connectivity index (χ3n) is 3.33. The van der Waals surface area contributed by atoms with Crippen molar-refractivity contribution in [1.29, 1.82) is 0 Å². The van der Waals surface area contributed by atoms with Gasteiger partial charge >= 0.3 is 0 Å². The van der Waals surface area contributed by atoms with Gasteiger partial charge in [0.1, 0.15) is 17.5 Å². The fraction of sp³-hybridized carbons (Fsp3) is 0.692. The molecule has 1 atom stereocenters. The Morgan fingerprint density at radius 3 is 3.06 bits per heavy atom. The maximum Gasteiger partial charge on any atom is 0.134 e. The molecule has 5 nitrogen and oxygen atoms in total. The van der Waals surface area contributed by atoms with Gasteiger partial charge in [0.2, 0.25) is 0 Å². The Labute approximate surface area is 108 Å². The minimum atomic E-state index is 0.282. The minimum Gasteiger partial charge on any atom is -0.396 e. The van der Waals surface area contributed by atoms with Crippen molar-refractivity contribution in [2.75, 3.05) is 36.5 Å². The van der Waals surface area contributed by atoms with Crippen molar-refractivity contribution in [3.05, 3.63) is 11.9 Å². The summed E-state index contributed by atoms with van der Waals surface area (Å²) in [4.78, 5) is 11.2. The Hall–Kier alpha value is -1.36. The van der Waals surface area contributed by atoms with Crippen molar-refractivity contribution in [2.24, 2.45) is 5.92 Å². The number of rotatable bonds is 5. The molecule has 1 unspecified atom stereocenters. The molecule has 2 rings (SSSR count). The first-order valence-corrected chi connectivity index (χ1v) is 6.68. The second-order valence-electron chi connectivity index (χ2n) is 4.80. The zero-order valence-corrected chi connectivity index (χ0v) is 11.2. The predicted molar refractivity (Wildman–Crippen MR) is 73.0 cm³/mol. The Kier molecular flexibility index (Phi) is 4.36. The van der Waals surface area contributed by atoms with E-state index in [1.54, 1.807) is 0 Å². The second kappa shape index (κ2) is 6.00. The molecule has 18 heavy (non-hydrogen) atoms. The van der Waals surface area contributed by atoms with Crippen LogP contribution >= 0.6 is 0 Å². The first-order valence-electron chi connectivity index (χ1n) is 6.68. The Morgan fingerprint density at radius 1 is 1.50 bits per heavy atom. The number of nitrogens with one attached hydrogen (secondary N) is 1. The quantitative estimate of drug-likeness (QED) is 0.827. The lowest BCUT2D eigenvalue weighted by Crippen LogP contribution is -2.22. The highest BCUT2D eigenvalue weighted by molar-refractivity contribution is 5.50. The summed E-state index contributed by atoms with van der Waals surface area (Å²) in [6, 6.07) is 2.01. The van der Waals surface area contributed by atoms with E-state index in [1.807, 2.05) is 13.0 Å². The number of nitrogens with zero attached hydrogens (tertiary/aromatic N) is 3. The summed E-state index contributed by atoms with van der Waals surface area (Å²) in [6.45, 7) is 7.14. The van der Waals surface area contributed by atoms with Gasteiger partial charge in [-0.25, -0.2) is 9.97 Å². The van der Waals surface area contributed by atoms with Gasteiger partial charge in [-0.1, -0.05) is 0 Å². The average molecular weight is 250 g/mol. The van der Waals surface area contributed by atoms with Gasteiger partial charge in [-0.05, 0) is 32.6 Å². The summed E-state index contributed by atoms with van der Waals surface area (Å²) in [6.07, 6.45) is 2.03. The summed E-state index contributed by atoms with van der Waals surface area (Å²) in [5.74, 6) is 3.28. The highest BCUT2D eigenvalue weighted by Gasteiger charge is 2.23. The highest BCUT2D eigenvalue weighted by atomic mass is 16.3. The van der Waals surface area contributed by atoms with E-state index in [1.165, 1.54) is 0 Å². The monoisotopic (exact) mass is 250 g/mol. The van der Waals surface area contributed by atoms with Gasteiger partial charge in [-0.3, -0.25) is 0 Å². The number of anilines is 2. The van der Waals surface area contributed by atoms with Crippen molar-refractivity contribution in [1.82, 2.24) is 9.97 Å². The second-order valence-corrected chi connectivity index (χ2v) is 4.80. The molecule has 1 aromatic rings. The number of hydrogen-bond donors (Lipinski definition) is 2. The van der Waals surface area contributed by atoms with Crippen LogP contribution in [-0.2, 0) is 0 Å². The SMILES string of the molecule is CCNc1cc(N2CCC(CCO)C2)nc(C)n1. The molecule has 1 aromatic heterocycles. The standard InChI is InChI=1S/C13H22N4O/c1-3-14-12-8-13(16-10(2)15-12)17-6-4-11(9-17)5-7-18/h8,11,18H,3-7,9H2,1-2H3,(H,14,15,16). The molecule has 0 amide bonds. The molecule has 0 aliphatic carbocycles. The van der Waals surface area contributed by atoms with Crippen LogP contribution in [0.2, 0.25) is 0 Å². The number of aliphatic hydroxyl groups excluding tert-OH is 1. The molecule has 1 saturated heterocycles. The first-order chi connectivity index (χ1) is 8.72. The van der Waals surface area contributed by atoms with Gasteiger partial charge in [0.15, 0.2) is 0 Å². The van der Waals surface area contributed by atoms with Gasteiger partial charge in [-0.15, -0.1) is 0 Å². The average Bonchev–Trinajstić information content (AvgIpc) is 2.78. The molecule has 0 spiro atoms. The van der Waals surface area contributed by atoms with Crippen LogP contribution in [0.1, 0.15) is 25.6 Å². The number of aliphatic hydroxyl groups is 1. The van der Waals surface area contributed by atoms with Crippen LogP contribution in [0.5, 0.6) is 0 Å². The van der Waals surface area contributed by atoms with Gasteiger partial charge in [0.05, 0.1) is 0 Å². The van der Waals surface area contributed by atoms with Crippen molar-refractivity contribution < 1.29 is 5.11 Å². The number of aryl methyl sites for hydroxylation is 1. The molecular weight excluding hydrogens is 228 g/mol. The maximum absolute atomic E-state index is 8.99. The summed E-state index contributed by atoms with van der Waals surface area (Å²) in [7, 11) is 0. The third-order valence-corrected chi connectivity index (χ3v) is 3.33. The van der Waals surface area contributed by atoms with Crippen molar-refractivity contribution in [3.63, 3.8) is 0 Å². The number of aromatic nitrogens is 2. The van der Waals surface area contributed by atoms with Crippen LogP contribution in [0.25, 0.3) is 0 Å². The summed E-state index contributed by atoms with van der Waals surface area (Å²) < 4.78 is 0. The summed E-state index contributed by atoms with van der Waals surface area (Å²) in [5, 5.41) is 12.2. The number of hydrogen-bond acceptors (Lipinski definition) is 5. The van der Waals surface area contributed by atoms with E-state index in [0.717, 1.165) is 49.9 Å². The van der Waals surface area contributed by atoms with Crippen LogP contribution in [0.15, 0.2) is 6.07 Å². The van der Waals surface area contributed by atoms with Crippen LogP contribution in [-0.4, -0.2) is 41.3 Å². The molecular formula is C13H22N4O. The fourth-order valence-corrected chi connectivity index (χ4v) is 2.44. The van der Waals surface area contributed by atoms with Crippen LogP contribution in [0, 0.1) is 12.8 Å². The lowest BCUT2D eigenvalue weighted by molar-refractivity contribution is 0.263. The summed E-state index contributed by atoms with van der Waals surface area (Å²) >= 11 is 0. The van der Waals surface area contributed by atoms with E-state index in [2.05, 4.69) is 27.1 Å². The highest BCUT2D eigenvalue weighted by Crippen LogP contribution is 2.25. The largest absolute Gasteiger partial charge is 0.396 e. The van der Waals surface area contributed by atoms with Crippen LogP contribution in [0.4, 0.5) is 11.6 Å². The molecule has 2 N–H and O–H groups in total. The lowest BCUT2D eigenvalue weighted by atomic mass is 10.1. The molecule has 1 fully saturated rings. The minimum absolute atomic E-state index is 0.282. The molecule has 1 aliphatic rings. The van der Waals surface area contributed by atoms with Gasteiger partial charge < -0.3 is 15.3 Å². The predicted octanol–water partition coefficient (Wildman–Crippen LogP) is 1.43. The lowest BCUT2D eigenvalue weighted by Gasteiger charge is -2.18. The topological polar surface area (TPSA) is 61.3 Å². The van der Waals surface area contributed by atoms with E-state index >= 15 is 0 Å². The van der Waals surface area contributed by atoms with Gasteiger partial charge in [-0.2, -0.15) is 0 Å². The maximum atomic E-state index is 8.99. The molecule has 0 radical (unpaired) electrons. The Balaban J connectivity index is 2.08. The Morgan fingerprint density at radius 2 is 2.33 bits per heavy atom. The zero-order chi connectivity index (χ0) is 13.0. The van der Waals surface area contributed by atoms with Crippen molar-refractivity contribution in [2.45, 2.75) is 26.7 Å². The molecule has 0 bridgehead atoms. The van der Waals surface area contributed by atoms with Gasteiger partial charge in [0.25, 0.3) is 0 Å². The van der Waals surface area contributed by atoms with E-state index in [9.17, 15) is 0 Å². The zero-order valence-electron chi connectivity index (χ0n) is 11.2. The van der Waals surface area contributed by atoms with E-state index < -0.39 is 0 Å². The van der Waals surface area contributed by atoms with E-state index in [0.29, 0.717) is 5.92 Å². The summed E-state index contributed by atoms with van der Waals surface area (Å²) in [5.41, 5.74) is 0. The first kappa shape index (κ1) is 13.1. The van der Waals surface area contributed by atoms with Crippen molar-refractivity contribution in [3.8, 4) is 0 Å². The van der Waals surface area contributed by atoms with Crippen LogP contribution < -0.4 is 10.2 Å². The fourth-order valence-electron chi connectivity index (χ4n) is 2.44. The smallest absolute Gasteiger partial charge is 0.134 e. The molecule has 0 aromatic carbocycles. The molecule has 0 saturated carbocycles. The molecule has 5 heteroatoms. The van der Waals surface area contributed by atoms with E-state index in [-0.39, 0.29) is 6.61 Å². The normalized spacial score (nSPS) is 19.3. The van der Waals surface area contributed by atoms with Crippen molar-refractivity contribution >= 4 is 11.6 Å². The molecule has 2 heterocycles. The Bertz CT molecular complexity index is 397. The van der Waals surface area contributed by atoms with Crippen LogP contribution in [0.3, 0.4) is 0 Å². The van der Waals surface area contributed by atoms with E-state index in [4.69, 9.17) is 5.11 Å². The third kappa shape index (κ3) is 3.10.